The van der Waals surface area contributed by atoms with E-state index >= 15 is 0 Å². The number of rotatable bonds is 18. The highest BCUT2D eigenvalue weighted by molar-refractivity contribution is 7.56. The maximum Gasteiger partial charge on any atom is 0.205 e. The van der Waals surface area contributed by atoms with Crippen molar-refractivity contribution >= 4 is 13.7 Å². The van der Waals surface area contributed by atoms with Gasteiger partial charge in [-0.2, -0.15) is 0 Å². The van der Waals surface area contributed by atoms with Gasteiger partial charge in [-0.25, -0.2) is 0 Å². The monoisotopic (exact) mass is 442 g/mol. The van der Waals surface area contributed by atoms with Crippen molar-refractivity contribution in [3.8, 4) is 11.1 Å². The van der Waals surface area contributed by atoms with Crippen LogP contribution < -0.4 is 5.30 Å². The Labute approximate surface area is 192 Å². The predicted octanol–water partition coefficient (Wildman–Crippen LogP) is 9.05. The first-order valence-electron chi connectivity index (χ1n) is 12.6. The van der Waals surface area contributed by atoms with Crippen molar-refractivity contribution in [1.82, 2.24) is 0 Å². The van der Waals surface area contributed by atoms with E-state index in [1.54, 1.807) is 0 Å². The third-order valence-corrected chi connectivity index (χ3v) is 7.15. The molecule has 0 saturated carbocycles. The third kappa shape index (κ3) is 11.3. The lowest BCUT2D eigenvalue weighted by atomic mass is 10.1. The summed E-state index contributed by atoms with van der Waals surface area (Å²) in [5.74, 6) is 0. The van der Waals surface area contributed by atoms with Crippen molar-refractivity contribution in [3.05, 3.63) is 54.6 Å². The maximum absolute atomic E-state index is 6.27. The summed E-state index contributed by atoms with van der Waals surface area (Å²) in [5.41, 5.74) is 2.49. The topological polar surface area (TPSA) is 18.5 Å². The average molecular weight is 443 g/mol. The molecule has 0 aromatic heterocycles. The molecule has 3 heteroatoms. The van der Waals surface area contributed by atoms with Crippen molar-refractivity contribution in [2.24, 2.45) is 0 Å². The summed E-state index contributed by atoms with van der Waals surface area (Å²) in [4.78, 5) is 0. The molecule has 0 fully saturated rings. The first kappa shape index (κ1) is 26.0. The Kier molecular flexibility index (Phi) is 14.6. The van der Waals surface area contributed by atoms with E-state index in [0.717, 1.165) is 26.1 Å². The van der Waals surface area contributed by atoms with Gasteiger partial charge in [-0.05, 0) is 36.1 Å². The van der Waals surface area contributed by atoms with Gasteiger partial charge in [0.05, 0.1) is 13.2 Å². The molecule has 2 aromatic carbocycles. The van der Waals surface area contributed by atoms with E-state index in [9.17, 15) is 0 Å². The van der Waals surface area contributed by atoms with Gasteiger partial charge in [-0.15, -0.1) is 0 Å². The average Bonchev–Trinajstić information content (AvgIpc) is 2.82. The Balaban J connectivity index is 1.83. The van der Waals surface area contributed by atoms with Crippen LogP contribution >= 0.6 is 8.38 Å². The summed E-state index contributed by atoms with van der Waals surface area (Å²) in [7, 11) is -0.992. The standard InChI is InChI=1S/C28H43O2P/c1-3-5-7-9-11-16-24-29-31(30-25-17-12-10-8-6-4-2)28-22-20-27(21-23-28)26-18-14-13-15-19-26/h13-15,18-23H,3-12,16-17,24-25H2,1-2H3. The van der Waals surface area contributed by atoms with Gasteiger partial charge in [0.1, 0.15) is 0 Å². The molecule has 0 saturated heterocycles. The summed E-state index contributed by atoms with van der Waals surface area (Å²) >= 11 is 0. The van der Waals surface area contributed by atoms with Crippen LogP contribution in [0.2, 0.25) is 0 Å². The van der Waals surface area contributed by atoms with E-state index in [1.165, 1.54) is 80.6 Å². The Morgan fingerprint density at radius 2 is 0.968 bits per heavy atom. The zero-order valence-corrected chi connectivity index (χ0v) is 20.8. The first-order chi connectivity index (χ1) is 15.3. The van der Waals surface area contributed by atoms with Gasteiger partial charge in [0.2, 0.25) is 8.38 Å². The minimum atomic E-state index is -0.992. The number of hydrogen-bond acceptors (Lipinski definition) is 2. The predicted molar refractivity (Wildman–Crippen MR) is 137 cm³/mol. The fraction of sp³-hybridized carbons (Fsp3) is 0.571. The lowest BCUT2D eigenvalue weighted by Crippen LogP contribution is -2.08. The summed E-state index contributed by atoms with van der Waals surface area (Å²) in [5, 5.41) is 1.19. The smallest absolute Gasteiger partial charge is 0.205 e. The van der Waals surface area contributed by atoms with Crippen LogP contribution in [0.3, 0.4) is 0 Å². The zero-order valence-electron chi connectivity index (χ0n) is 19.9. The van der Waals surface area contributed by atoms with E-state index in [-0.39, 0.29) is 0 Å². The fourth-order valence-electron chi connectivity index (χ4n) is 3.65. The largest absolute Gasteiger partial charge is 0.331 e. The summed E-state index contributed by atoms with van der Waals surface area (Å²) < 4.78 is 12.5. The molecule has 0 aliphatic heterocycles. The lowest BCUT2D eigenvalue weighted by Gasteiger charge is -2.18. The second-order valence-electron chi connectivity index (χ2n) is 8.37. The second-order valence-corrected chi connectivity index (χ2v) is 9.92. The molecule has 2 aromatic rings. The Morgan fingerprint density at radius 3 is 1.48 bits per heavy atom. The van der Waals surface area contributed by atoms with Crippen LogP contribution in [0.4, 0.5) is 0 Å². The molecule has 31 heavy (non-hydrogen) atoms. The molecule has 2 nitrogen and oxygen atoms in total. The van der Waals surface area contributed by atoms with Crippen LogP contribution in [0, 0.1) is 0 Å². The van der Waals surface area contributed by atoms with Gasteiger partial charge in [0.25, 0.3) is 0 Å². The van der Waals surface area contributed by atoms with Crippen LogP contribution in [-0.4, -0.2) is 13.2 Å². The van der Waals surface area contributed by atoms with Crippen molar-refractivity contribution in [1.29, 1.82) is 0 Å². The molecule has 0 radical (unpaired) electrons. The van der Waals surface area contributed by atoms with E-state index in [2.05, 4.69) is 68.4 Å². The molecule has 172 valence electrons. The summed E-state index contributed by atoms with van der Waals surface area (Å²) in [6, 6.07) is 19.3. The van der Waals surface area contributed by atoms with Gasteiger partial charge in [-0.3, -0.25) is 0 Å². The highest BCUT2D eigenvalue weighted by atomic mass is 31.2. The Bertz CT molecular complexity index is 638. The van der Waals surface area contributed by atoms with Crippen LogP contribution in [-0.2, 0) is 9.05 Å². The van der Waals surface area contributed by atoms with E-state index in [0.29, 0.717) is 0 Å². The van der Waals surface area contributed by atoms with Crippen LogP contribution in [0.5, 0.6) is 0 Å². The van der Waals surface area contributed by atoms with Gasteiger partial charge in [-0.1, -0.05) is 121 Å². The fourth-order valence-corrected chi connectivity index (χ4v) is 5.01. The van der Waals surface area contributed by atoms with Crippen molar-refractivity contribution in [2.45, 2.75) is 90.9 Å². The normalized spacial score (nSPS) is 11.3. The van der Waals surface area contributed by atoms with Gasteiger partial charge < -0.3 is 9.05 Å². The lowest BCUT2D eigenvalue weighted by molar-refractivity contribution is 0.246. The number of hydrogen-bond donors (Lipinski definition) is 0. The molecule has 0 aliphatic rings. The molecular formula is C28H43O2P. The molecule has 0 aliphatic carbocycles. The summed E-state index contributed by atoms with van der Waals surface area (Å²) in [6.07, 6.45) is 15.4. The minimum absolute atomic E-state index is 0.800. The van der Waals surface area contributed by atoms with Crippen molar-refractivity contribution in [3.63, 3.8) is 0 Å². The summed E-state index contributed by atoms with van der Waals surface area (Å²) in [6.45, 7) is 6.13. The van der Waals surface area contributed by atoms with Crippen LogP contribution in [0.15, 0.2) is 54.6 Å². The SMILES string of the molecule is CCCCCCCCOP(OCCCCCCCC)c1ccc(-c2ccccc2)cc1. The van der Waals surface area contributed by atoms with E-state index in [1.807, 2.05) is 0 Å². The minimum Gasteiger partial charge on any atom is -0.331 e. The first-order valence-corrected chi connectivity index (χ1v) is 13.7. The number of benzene rings is 2. The maximum atomic E-state index is 6.27. The molecule has 2 rings (SSSR count). The van der Waals surface area contributed by atoms with Gasteiger partial charge in [0, 0.05) is 5.30 Å². The van der Waals surface area contributed by atoms with Crippen molar-refractivity contribution in [2.75, 3.05) is 13.2 Å². The van der Waals surface area contributed by atoms with Crippen molar-refractivity contribution < 1.29 is 9.05 Å². The van der Waals surface area contributed by atoms with Gasteiger partial charge >= 0.3 is 0 Å². The van der Waals surface area contributed by atoms with Gasteiger partial charge in [0.15, 0.2) is 0 Å². The zero-order chi connectivity index (χ0) is 22.0. The van der Waals surface area contributed by atoms with Crippen LogP contribution in [0.25, 0.3) is 11.1 Å². The molecule has 0 bridgehead atoms. The number of unbranched alkanes of at least 4 members (excludes halogenated alkanes) is 10. The highest BCUT2D eigenvalue weighted by Gasteiger charge is 2.14. The van der Waals surface area contributed by atoms with E-state index < -0.39 is 8.38 Å². The quantitative estimate of drug-likeness (QED) is 0.169. The Hall–Kier alpha value is -1.21. The second kappa shape index (κ2) is 17.4. The third-order valence-electron chi connectivity index (χ3n) is 5.60. The molecule has 0 unspecified atom stereocenters. The molecule has 0 heterocycles. The highest BCUT2D eigenvalue weighted by Crippen LogP contribution is 2.38. The Morgan fingerprint density at radius 1 is 0.516 bits per heavy atom. The molecule has 0 atom stereocenters. The molecular weight excluding hydrogens is 399 g/mol. The van der Waals surface area contributed by atoms with Crippen LogP contribution in [0.1, 0.15) is 90.9 Å². The van der Waals surface area contributed by atoms with E-state index in [4.69, 9.17) is 9.05 Å². The molecule has 0 spiro atoms. The molecule has 0 N–H and O–H groups in total. The molecule has 0 amide bonds.